The molecule has 0 aliphatic carbocycles. The molecule has 0 unspecified atom stereocenters. The van der Waals surface area contributed by atoms with Gasteiger partial charge in [0.1, 0.15) is 0 Å². The molecule has 0 bridgehead atoms. The normalized spacial score (nSPS) is 15.5. The summed E-state index contributed by atoms with van der Waals surface area (Å²) in [5.41, 5.74) is 3.44. The fraction of sp³-hybridized carbons (Fsp3) is 0.400. The zero-order valence-electron chi connectivity index (χ0n) is 7.22. The minimum absolute atomic E-state index is 0.0884. The largest absolute Gasteiger partial charge is 0.392 e. The van der Waals surface area contributed by atoms with Gasteiger partial charge < -0.3 is 9.84 Å². The second-order valence-electron chi connectivity index (χ2n) is 3.16. The summed E-state index contributed by atoms with van der Waals surface area (Å²) < 4.78 is 6.39. The number of aliphatic hydroxyl groups is 1. The second kappa shape index (κ2) is 3.78. The van der Waals surface area contributed by atoms with Gasteiger partial charge in [-0.3, -0.25) is 0 Å². The Morgan fingerprint density at radius 1 is 1.46 bits per heavy atom. The van der Waals surface area contributed by atoms with Gasteiger partial charge in [-0.2, -0.15) is 0 Å². The maximum absolute atomic E-state index is 9.14. The van der Waals surface area contributed by atoms with Crippen LogP contribution in [-0.4, -0.2) is 11.7 Å². The number of halogens is 1. The summed E-state index contributed by atoms with van der Waals surface area (Å²) in [4.78, 5) is 0. The molecule has 0 saturated heterocycles. The first kappa shape index (κ1) is 9.19. The quantitative estimate of drug-likeness (QED) is 0.817. The maximum Gasteiger partial charge on any atom is 0.0723 e. The van der Waals surface area contributed by atoms with Gasteiger partial charge in [-0.05, 0) is 35.2 Å². The number of rotatable bonds is 1. The molecule has 3 heteroatoms. The molecule has 0 saturated carbocycles. The van der Waals surface area contributed by atoms with E-state index in [0.29, 0.717) is 6.61 Å². The molecule has 70 valence electrons. The third kappa shape index (κ3) is 1.77. The van der Waals surface area contributed by atoms with E-state index < -0.39 is 0 Å². The van der Waals surface area contributed by atoms with Crippen LogP contribution in [-0.2, 0) is 24.4 Å². The number of aliphatic hydroxyl groups excluding tert-OH is 1. The Kier molecular flexibility index (Phi) is 2.67. The van der Waals surface area contributed by atoms with E-state index in [0.717, 1.165) is 28.6 Å². The molecule has 1 aliphatic heterocycles. The molecule has 0 fully saturated rings. The molecule has 1 heterocycles. The van der Waals surface area contributed by atoms with Crippen molar-refractivity contribution in [2.24, 2.45) is 0 Å². The van der Waals surface area contributed by atoms with Crippen LogP contribution in [0.15, 0.2) is 16.6 Å². The first-order valence-corrected chi connectivity index (χ1v) is 5.09. The predicted molar refractivity (Wildman–Crippen MR) is 53.4 cm³/mol. The third-order valence-corrected chi connectivity index (χ3v) is 2.79. The molecule has 1 aromatic carbocycles. The van der Waals surface area contributed by atoms with E-state index in [1.54, 1.807) is 0 Å². The molecule has 1 aromatic rings. The number of benzene rings is 1. The van der Waals surface area contributed by atoms with Gasteiger partial charge >= 0.3 is 0 Å². The molecular formula is C10H11BrO2. The average Bonchev–Trinajstić information content (AvgIpc) is 2.16. The average molecular weight is 243 g/mol. The SMILES string of the molecule is OCc1cc(Br)cc2c1COCC2. The lowest BCUT2D eigenvalue weighted by molar-refractivity contribution is 0.108. The third-order valence-electron chi connectivity index (χ3n) is 2.33. The standard InChI is InChI=1S/C10H11BrO2/c11-9-3-7-1-2-13-6-10(7)8(4-9)5-12/h3-4,12H,1-2,5-6H2. The van der Waals surface area contributed by atoms with Gasteiger partial charge in [0.15, 0.2) is 0 Å². The Labute approximate surface area is 85.7 Å². The summed E-state index contributed by atoms with van der Waals surface area (Å²) in [5.74, 6) is 0. The van der Waals surface area contributed by atoms with Gasteiger partial charge in [0, 0.05) is 4.47 Å². The van der Waals surface area contributed by atoms with Crippen LogP contribution < -0.4 is 0 Å². The van der Waals surface area contributed by atoms with Crippen molar-refractivity contribution in [3.05, 3.63) is 33.3 Å². The van der Waals surface area contributed by atoms with Crippen LogP contribution >= 0.6 is 15.9 Å². The molecule has 0 amide bonds. The predicted octanol–water partition coefficient (Wildman–Crippen LogP) is 2.01. The van der Waals surface area contributed by atoms with Gasteiger partial charge in [-0.15, -0.1) is 0 Å². The van der Waals surface area contributed by atoms with E-state index in [1.165, 1.54) is 5.56 Å². The molecule has 2 nitrogen and oxygen atoms in total. The van der Waals surface area contributed by atoms with Crippen LogP contribution in [0, 0.1) is 0 Å². The molecule has 0 aromatic heterocycles. The first-order chi connectivity index (χ1) is 6.31. The highest BCUT2D eigenvalue weighted by Crippen LogP contribution is 2.25. The lowest BCUT2D eigenvalue weighted by Gasteiger charge is -2.19. The van der Waals surface area contributed by atoms with Crippen molar-refractivity contribution >= 4 is 15.9 Å². The summed E-state index contributed by atoms with van der Waals surface area (Å²) in [7, 11) is 0. The molecule has 2 rings (SSSR count). The molecule has 0 spiro atoms. The lowest BCUT2D eigenvalue weighted by atomic mass is 9.98. The van der Waals surface area contributed by atoms with E-state index in [9.17, 15) is 0 Å². The summed E-state index contributed by atoms with van der Waals surface area (Å²) in [6, 6.07) is 4.06. The van der Waals surface area contributed by atoms with Gasteiger partial charge in [-0.25, -0.2) is 0 Å². The number of hydrogen-bond acceptors (Lipinski definition) is 2. The molecule has 1 N–H and O–H groups in total. The Balaban J connectivity index is 2.50. The van der Waals surface area contributed by atoms with Crippen molar-refractivity contribution in [3.8, 4) is 0 Å². The topological polar surface area (TPSA) is 29.5 Å². The van der Waals surface area contributed by atoms with Gasteiger partial charge in [0.05, 0.1) is 19.8 Å². The highest BCUT2D eigenvalue weighted by Gasteiger charge is 2.13. The minimum atomic E-state index is 0.0884. The van der Waals surface area contributed by atoms with Gasteiger partial charge in [-0.1, -0.05) is 15.9 Å². The zero-order chi connectivity index (χ0) is 9.26. The minimum Gasteiger partial charge on any atom is -0.392 e. The molecule has 0 radical (unpaired) electrons. The van der Waals surface area contributed by atoms with Gasteiger partial charge in [0.2, 0.25) is 0 Å². The summed E-state index contributed by atoms with van der Waals surface area (Å²) >= 11 is 3.43. The number of hydrogen-bond donors (Lipinski definition) is 1. The maximum atomic E-state index is 9.14. The van der Waals surface area contributed by atoms with E-state index in [4.69, 9.17) is 9.84 Å². The Morgan fingerprint density at radius 3 is 3.08 bits per heavy atom. The number of ether oxygens (including phenoxy) is 1. The summed E-state index contributed by atoms with van der Waals surface area (Å²) in [6.07, 6.45) is 0.946. The first-order valence-electron chi connectivity index (χ1n) is 4.30. The van der Waals surface area contributed by atoms with Crippen LogP contribution in [0.5, 0.6) is 0 Å². The monoisotopic (exact) mass is 242 g/mol. The molecule has 1 aliphatic rings. The van der Waals surface area contributed by atoms with Crippen molar-refractivity contribution in [1.82, 2.24) is 0 Å². The highest BCUT2D eigenvalue weighted by atomic mass is 79.9. The smallest absolute Gasteiger partial charge is 0.0723 e. The van der Waals surface area contributed by atoms with Crippen molar-refractivity contribution in [3.63, 3.8) is 0 Å². The Bertz CT molecular complexity index is 306. The fourth-order valence-corrected chi connectivity index (χ4v) is 2.21. The summed E-state index contributed by atoms with van der Waals surface area (Å²) in [6.45, 7) is 1.51. The van der Waals surface area contributed by atoms with Crippen LogP contribution in [0.3, 0.4) is 0 Å². The van der Waals surface area contributed by atoms with Crippen LogP contribution in [0.25, 0.3) is 0 Å². The molecule has 13 heavy (non-hydrogen) atoms. The van der Waals surface area contributed by atoms with E-state index in [2.05, 4.69) is 22.0 Å². The van der Waals surface area contributed by atoms with Crippen molar-refractivity contribution in [2.45, 2.75) is 19.6 Å². The molecular weight excluding hydrogens is 232 g/mol. The second-order valence-corrected chi connectivity index (χ2v) is 4.08. The Hall–Kier alpha value is -0.380. The highest BCUT2D eigenvalue weighted by molar-refractivity contribution is 9.10. The van der Waals surface area contributed by atoms with E-state index in [1.807, 2.05) is 6.07 Å². The van der Waals surface area contributed by atoms with Crippen LogP contribution in [0.1, 0.15) is 16.7 Å². The fourth-order valence-electron chi connectivity index (χ4n) is 1.66. The van der Waals surface area contributed by atoms with Crippen molar-refractivity contribution < 1.29 is 9.84 Å². The summed E-state index contributed by atoms with van der Waals surface area (Å²) in [5, 5.41) is 9.14. The van der Waals surface area contributed by atoms with Crippen LogP contribution in [0.4, 0.5) is 0 Å². The van der Waals surface area contributed by atoms with Crippen molar-refractivity contribution in [2.75, 3.05) is 6.61 Å². The zero-order valence-corrected chi connectivity index (χ0v) is 8.80. The lowest BCUT2D eigenvalue weighted by Crippen LogP contribution is -2.12. The van der Waals surface area contributed by atoms with E-state index >= 15 is 0 Å². The molecule has 0 atom stereocenters. The van der Waals surface area contributed by atoms with Crippen LogP contribution in [0.2, 0.25) is 0 Å². The van der Waals surface area contributed by atoms with E-state index in [-0.39, 0.29) is 6.61 Å². The van der Waals surface area contributed by atoms with Gasteiger partial charge in [0.25, 0.3) is 0 Å². The van der Waals surface area contributed by atoms with Crippen molar-refractivity contribution in [1.29, 1.82) is 0 Å². The number of fused-ring (bicyclic) bond motifs is 1. The Morgan fingerprint density at radius 2 is 2.31 bits per heavy atom.